The molecule has 37 heavy (non-hydrogen) atoms. The van der Waals surface area contributed by atoms with Crippen molar-refractivity contribution in [1.29, 1.82) is 0 Å². The molecule has 7 nitrogen and oxygen atoms in total. The van der Waals surface area contributed by atoms with Gasteiger partial charge in [-0.3, -0.25) is 14.3 Å². The average Bonchev–Trinajstić information content (AvgIpc) is 3.56. The van der Waals surface area contributed by atoms with Crippen molar-refractivity contribution >= 4 is 29.0 Å². The lowest BCUT2D eigenvalue weighted by Crippen LogP contribution is -2.13. The van der Waals surface area contributed by atoms with E-state index in [0.717, 1.165) is 51.8 Å². The first-order valence-corrected chi connectivity index (χ1v) is 12.8. The molecule has 0 radical (unpaired) electrons. The maximum Gasteiger partial charge on any atom is 0.310 e. The lowest BCUT2D eigenvalue weighted by molar-refractivity contribution is -0.142. The van der Waals surface area contributed by atoms with Crippen molar-refractivity contribution in [2.75, 3.05) is 11.9 Å². The van der Waals surface area contributed by atoms with Gasteiger partial charge in [0.15, 0.2) is 0 Å². The Morgan fingerprint density at radius 1 is 1.05 bits per heavy atom. The van der Waals surface area contributed by atoms with E-state index in [-0.39, 0.29) is 12.4 Å². The molecule has 0 unspecified atom stereocenters. The predicted octanol–water partition coefficient (Wildman–Crippen LogP) is 6.07. The summed E-state index contributed by atoms with van der Waals surface area (Å²) >= 11 is 0. The Labute approximate surface area is 216 Å². The molecule has 1 heterocycles. The number of esters is 1. The van der Waals surface area contributed by atoms with Gasteiger partial charge in [0.2, 0.25) is 6.41 Å². The number of hydrogen-bond donors (Lipinski definition) is 1. The third-order valence-electron chi connectivity index (χ3n) is 6.87. The van der Waals surface area contributed by atoms with Gasteiger partial charge in [-0.05, 0) is 61.2 Å². The third kappa shape index (κ3) is 5.50. The molecule has 190 valence electrons. The van der Waals surface area contributed by atoms with Crippen LogP contribution in [-0.4, -0.2) is 28.8 Å². The monoisotopic (exact) mass is 497 g/mol. The summed E-state index contributed by atoms with van der Waals surface area (Å²) in [6, 6.07) is 22.0. The largest absolute Gasteiger partial charge is 0.487 e. The Hall–Kier alpha value is -4.13. The van der Waals surface area contributed by atoms with Crippen LogP contribution in [0.4, 0.5) is 5.69 Å². The lowest BCUT2D eigenvalue weighted by Gasteiger charge is -2.16. The lowest BCUT2D eigenvalue weighted by atomic mass is 10.0. The van der Waals surface area contributed by atoms with Crippen molar-refractivity contribution in [2.24, 2.45) is 0 Å². The fourth-order valence-electron chi connectivity index (χ4n) is 5.09. The quantitative estimate of drug-likeness (QED) is 0.212. The van der Waals surface area contributed by atoms with E-state index >= 15 is 0 Å². The van der Waals surface area contributed by atoms with E-state index in [0.29, 0.717) is 31.4 Å². The minimum atomic E-state index is -0.268. The number of rotatable bonds is 10. The predicted molar refractivity (Wildman–Crippen MR) is 143 cm³/mol. The Bertz CT molecular complexity index is 1410. The number of carbonyl (C=O) groups is 2. The molecule has 3 aromatic carbocycles. The van der Waals surface area contributed by atoms with E-state index in [1.54, 1.807) is 6.92 Å². The number of amides is 1. The van der Waals surface area contributed by atoms with Crippen LogP contribution in [0.3, 0.4) is 0 Å². The highest BCUT2D eigenvalue weighted by Gasteiger charge is 2.23. The molecular formula is C30H31N3O4. The van der Waals surface area contributed by atoms with Crippen LogP contribution < -0.4 is 10.1 Å². The highest BCUT2D eigenvalue weighted by molar-refractivity contribution is 5.87. The van der Waals surface area contributed by atoms with Crippen molar-refractivity contribution in [3.05, 3.63) is 78.0 Å². The Morgan fingerprint density at radius 3 is 2.68 bits per heavy atom. The standard InChI is InChI=1S/C30H31N3O4/c1-2-36-30(35)18-23-8-3-6-13-29(23)37-19-28-26-17-22(21-9-7-10-24(16-21)31-20-34)14-15-27(26)32-33(28)25-11-4-5-12-25/h3,6-10,13-17,20,25H,2,4-5,11-12,18-19H2,1H3,(H,31,34). The molecule has 1 N–H and O–H groups in total. The molecule has 0 aliphatic heterocycles. The molecule has 0 saturated heterocycles. The van der Waals surface area contributed by atoms with Crippen LogP contribution in [0.2, 0.25) is 0 Å². The molecule has 1 aromatic heterocycles. The summed E-state index contributed by atoms with van der Waals surface area (Å²) in [5.41, 5.74) is 5.55. The minimum absolute atomic E-state index is 0.169. The number of anilines is 1. The topological polar surface area (TPSA) is 82.4 Å². The Morgan fingerprint density at radius 2 is 1.86 bits per heavy atom. The van der Waals surface area contributed by atoms with Crippen molar-refractivity contribution in [2.45, 2.75) is 51.7 Å². The van der Waals surface area contributed by atoms with Gasteiger partial charge in [0, 0.05) is 16.6 Å². The molecule has 4 aromatic rings. The molecule has 1 fully saturated rings. The van der Waals surface area contributed by atoms with Crippen LogP contribution in [0.25, 0.3) is 22.0 Å². The zero-order chi connectivity index (χ0) is 25.6. The van der Waals surface area contributed by atoms with Gasteiger partial charge in [0.05, 0.1) is 30.3 Å². The molecule has 5 rings (SSSR count). The number of nitrogens with zero attached hydrogens (tertiary/aromatic N) is 2. The molecule has 0 bridgehead atoms. The van der Waals surface area contributed by atoms with E-state index in [2.05, 4.69) is 22.1 Å². The van der Waals surface area contributed by atoms with Crippen molar-refractivity contribution < 1.29 is 19.1 Å². The van der Waals surface area contributed by atoms with Crippen molar-refractivity contribution in [3.63, 3.8) is 0 Å². The molecule has 0 atom stereocenters. The highest BCUT2D eigenvalue weighted by Crippen LogP contribution is 2.35. The van der Waals surface area contributed by atoms with Gasteiger partial charge >= 0.3 is 5.97 Å². The molecule has 1 amide bonds. The SMILES string of the molecule is CCOC(=O)Cc1ccccc1OCc1c2cc(-c3cccc(NC=O)c3)ccc2nn1C1CCCC1. The first kappa shape index (κ1) is 24.6. The fourth-order valence-corrected chi connectivity index (χ4v) is 5.09. The number of hydrogen-bond acceptors (Lipinski definition) is 5. The summed E-state index contributed by atoms with van der Waals surface area (Å²) in [7, 11) is 0. The Kier molecular flexibility index (Phi) is 7.49. The number of ether oxygens (including phenoxy) is 2. The van der Waals surface area contributed by atoms with E-state index in [1.165, 1.54) is 12.8 Å². The highest BCUT2D eigenvalue weighted by atomic mass is 16.5. The van der Waals surface area contributed by atoms with Gasteiger partial charge in [0.1, 0.15) is 12.4 Å². The molecule has 1 aliphatic carbocycles. The van der Waals surface area contributed by atoms with Crippen LogP contribution in [0.5, 0.6) is 5.75 Å². The maximum absolute atomic E-state index is 12.1. The first-order chi connectivity index (χ1) is 18.2. The van der Waals surface area contributed by atoms with Gasteiger partial charge in [-0.1, -0.05) is 49.2 Å². The number of carbonyl (C=O) groups excluding carboxylic acids is 2. The Balaban J connectivity index is 1.50. The van der Waals surface area contributed by atoms with Crippen LogP contribution in [-0.2, 0) is 27.4 Å². The molecule has 1 aliphatic rings. The van der Waals surface area contributed by atoms with Crippen LogP contribution in [0.1, 0.15) is 49.9 Å². The number of fused-ring (bicyclic) bond motifs is 1. The summed E-state index contributed by atoms with van der Waals surface area (Å²) < 4.78 is 13.6. The van der Waals surface area contributed by atoms with Gasteiger partial charge in [-0.15, -0.1) is 0 Å². The summed E-state index contributed by atoms with van der Waals surface area (Å²) in [6.07, 6.45) is 5.46. The normalized spacial score (nSPS) is 13.5. The number of para-hydroxylation sites is 1. The van der Waals surface area contributed by atoms with E-state index in [1.807, 2.05) is 54.6 Å². The molecule has 7 heteroatoms. The average molecular weight is 498 g/mol. The van der Waals surface area contributed by atoms with Crippen LogP contribution in [0, 0.1) is 0 Å². The van der Waals surface area contributed by atoms with E-state index in [4.69, 9.17) is 14.6 Å². The van der Waals surface area contributed by atoms with Crippen molar-refractivity contribution in [1.82, 2.24) is 9.78 Å². The van der Waals surface area contributed by atoms with Crippen LogP contribution in [0.15, 0.2) is 66.7 Å². The van der Waals surface area contributed by atoms with E-state index < -0.39 is 0 Å². The summed E-state index contributed by atoms with van der Waals surface area (Å²) in [4.78, 5) is 23.0. The summed E-state index contributed by atoms with van der Waals surface area (Å²) in [5, 5.41) is 8.75. The van der Waals surface area contributed by atoms with Gasteiger partial charge in [0.25, 0.3) is 0 Å². The first-order valence-electron chi connectivity index (χ1n) is 12.8. The number of benzene rings is 3. The van der Waals surface area contributed by atoms with Crippen molar-refractivity contribution in [3.8, 4) is 16.9 Å². The fraction of sp³-hybridized carbons (Fsp3) is 0.300. The van der Waals surface area contributed by atoms with E-state index in [9.17, 15) is 9.59 Å². The summed E-state index contributed by atoms with van der Waals surface area (Å²) in [6.45, 7) is 2.49. The molecule has 1 saturated carbocycles. The smallest absolute Gasteiger partial charge is 0.310 e. The van der Waals surface area contributed by atoms with Gasteiger partial charge < -0.3 is 14.8 Å². The minimum Gasteiger partial charge on any atom is -0.487 e. The van der Waals surface area contributed by atoms with Gasteiger partial charge in [-0.25, -0.2) is 0 Å². The second kappa shape index (κ2) is 11.3. The molecule has 0 spiro atoms. The zero-order valence-corrected chi connectivity index (χ0v) is 21.0. The maximum atomic E-state index is 12.1. The number of nitrogens with one attached hydrogen (secondary N) is 1. The van der Waals surface area contributed by atoms with Crippen LogP contribution >= 0.6 is 0 Å². The zero-order valence-electron chi connectivity index (χ0n) is 21.0. The van der Waals surface area contributed by atoms with Gasteiger partial charge in [-0.2, -0.15) is 5.10 Å². The third-order valence-corrected chi connectivity index (χ3v) is 6.87. The molecular weight excluding hydrogens is 466 g/mol. The second-order valence-corrected chi connectivity index (χ2v) is 9.28. The summed E-state index contributed by atoms with van der Waals surface area (Å²) in [5.74, 6) is 0.405. The number of aromatic nitrogens is 2. The second-order valence-electron chi connectivity index (χ2n) is 9.28.